The molecule has 0 saturated carbocycles. The standard InChI is InChI=1S/C51H33N5/c1-4-14-34(15-5-1)44-33-45(54-51(53-44)36-16-6-2-7-17-36)35-25-28-39(29-26-35)56-46-23-11-10-20-41(46)42-22-12-21-40(50(42)56)37-27-30-43-48(32-37)55(38-18-8-3-9-19-38)47-24-13-31-52-49(43)47/h1-33H. The van der Waals surface area contributed by atoms with Crippen molar-refractivity contribution in [3.05, 3.63) is 200 Å². The quantitative estimate of drug-likeness (QED) is 0.172. The van der Waals surface area contributed by atoms with Crippen LogP contribution >= 0.6 is 0 Å². The molecule has 0 aliphatic rings. The average molecular weight is 716 g/mol. The summed E-state index contributed by atoms with van der Waals surface area (Å²) in [6.07, 6.45) is 1.88. The molecule has 5 nitrogen and oxygen atoms in total. The monoisotopic (exact) mass is 715 g/mol. The first-order chi connectivity index (χ1) is 27.8. The van der Waals surface area contributed by atoms with Gasteiger partial charge in [0.25, 0.3) is 0 Å². The van der Waals surface area contributed by atoms with Crippen LogP contribution in [-0.4, -0.2) is 24.1 Å². The molecule has 0 aliphatic carbocycles. The van der Waals surface area contributed by atoms with Crippen molar-refractivity contribution >= 4 is 43.7 Å². The van der Waals surface area contributed by atoms with Crippen molar-refractivity contribution in [2.24, 2.45) is 0 Å². The lowest BCUT2D eigenvalue weighted by molar-refractivity contribution is 1.17. The van der Waals surface area contributed by atoms with E-state index in [1.54, 1.807) is 0 Å². The first-order valence-electron chi connectivity index (χ1n) is 18.9. The van der Waals surface area contributed by atoms with Crippen LogP contribution in [0.25, 0.3) is 100 Å². The van der Waals surface area contributed by atoms with Crippen LogP contribution < -0.4 is 0 Å². The molecule has 56 heavy (non-hydrogen) atoms. The summed E-state index contributed by atoms with van der Waals surface area (Å²) in [6.45, 7) is 0. The minimum absolute atomic E-state index is 0.706. The Kier molecular flexibility index (Phi) is 7.42. The number of hydrogen-bond acceptors (Lipinski definition) is 3. The highest BCUT2D eigenvalue weighted by atomic mass is 15.0. The molecule has 0 fully saturated rings. The molecule has 0 unspecified atom stereocenters. The Bertz CT molecular complexity index is 3160. The Morgan fingerprint density at radius 1 is 0.357 bits per heavy atom. The van der Waals surface area contributed by atoms with E-state index in [4.69, 9.17) is 15.0 Å². The highest BCUT2D eigenvalue weighted by Crippen LogP contribution is 2.41. The van der Waals surface area contributed by atoms with E-state index in [1.165, 1.54) is 21.9 Å². The van der Waals surface area contributed by atoms with Gasteiger partial charge in [0.1, 0.15) is 0 Å². The van der Waals surface area contributed by atoms with Crippen molar-refractivity contribution < 1.29 is 0 Å². The largest absolute Gasteiger partial charge is 0.309 e. The molecule has 4 aromatic heterocycles. The summed E-state index contributed by atoms with van der Waals surface area (Å²) >= 11 is 0. The molecule has 0 amide bonds. The van der Waals surface area contributed by atoms with Gasteiger partial charge in [-0.25, -0.2) is 9.97 Å². The van der Waals surface area contributed by atoms with Gasteiger partial charge in [-0.3, -0.25) is 4.98 Å². The zero-order valence-corrected chi connectivity index (χ0v) is 30.3. The number of aromatic nitrogens is 5. The Hall–Kier alpha value is -7.63. The third-order valence-electron chi connectivity index (χ3n) is 10.8. The van der Waals surface area contributed by atoms with Crippen molar-refractivity contribution in [2.75, 3.05) is 0 Å². The molecular formula is C51H33N5. The minimum atomic E-state index is 0.706. The maximum Gasteiger partial charge on any atom is 0.160 e. The van der Waals surface area contributed by atoms with Crippen molar-refractivity contribution in [2.45, 2.75) is 0 Å². The van der Waals surface area contributed by atoms with E-state index in [-0.39, 0.29) is 0 Å². The lowest BCUT2D eigenvalue weighted by atomic mass is 10.0. The highest BCUT2D eigenvalue weighted by molar-refractivity contribution is 6.15. The van der Waals surface area contributed by atoms with Gasteiger partial charge in [0.05, 0.1) is 39.0 Å². The number of hydrogen-bond donors (Lipinski definition) is 0. The van der Waals surface area contributed by atoms with Gasteiger partial charge in [0, 0.05) is 56.0 Å². The Labute approximate surface area is 323 Å². The molecule has 5 heteroatoms. The summed E-state index contributed by atoms with van der Waals surface area (Å²) in [5.74, 6) is 0.706. The number of benzene rings is 7. The van der Waals surface area contributed by atoms with Crippen molar-refractivity contribution in [3.63, 3.8) is 0 Å². The Morgan fingerprint density at radius 3 is 1.73 bits per heavy atom. The van der Waals surface area contributed by atoms with Crippen LogP contribution in [0.2, 0.25) is 0 Å². The maximum atomic E-state index is 5.09. The van der Waals surface area contributed by atoms with Gasteiger partial charge in [-0.1, -0.05) is 133 Å². The van der Waals surface area contributed by atoms with Crippen molar-refractivity contribution in [1.29, 1.82) is 0 Å². The summed E-state index contributed by atoms with van der Waals surface area (Å²) in [4.78, 5) is 14.9. The van der Waals surface area contributed by atoms with Crippen molar-refractivity contribution in [1.82, 2.24) is 24.1 Å². The van der Waals surface area contributed by atoms with E-state index in [0.717, 1.165) is 72.5 Å². The van der Waals surface area contributed by atoms with E-state index in [2.05, 4.69) is 161 Å². The van der Waals surface area contributed by atoms with Gasteiger partial charge in [-0.15, -0.1) is 0 Å². The summed E-state index contributed by atoms with van der Waals surface area (Å²) in [5.41, 5.74) is 14.9. The molecular weight excluding hydrogens is 683 g/mol. The molecule has 11 aromatic rings. The third-order valence-corrected chi connectivity index (χ3v) is 10.8. The fourth-order valence-corrected chi connectivity index (χ4v) is 8.22. The number of rotatable bonds is 6. The average Bonchev–Trinajstić information content (AvgIpc) is 3.80. The normalized spacial score (nSPS) is 11.6. The number of nitrogens with zero attached hydrogens (tertiary/aromatic N) is 5. The van der Waals surface area contributed by atoms with Crippen LogP contribution in [0.1, 0.15) is 0 Å². The molecule has 0 radical (unpaired) electrons. The second-order valence-corrected chi connectivity index (χ2v) is 14.1. The number of para-hydroxylation sites is 3. The van der Waals surface area contributed by atoms with Gasteiger partial charge < -0.3 is 9.13 Å². The molecule has 11 rings (SSSR count). The summed E-state index contributed by atoms with van der Waals surface area (Å²) < 4.78 is 4.74. The van der Waals surface area contributed by atoms with Crippen LogP contribution in [0, 0.1) is 0 Å². The van der Waals surface area contributed by atoms with Crippen LogP contribution in [0.3, 0.4) is 0 Å². The first kappa shape index (κ1) is 31.9. The second-order valence-electron chi connectivity index (χ2n) is 14.1. The zero-order valence-electron chi connectivity index (χ0n) is 30.3. The van der Waals surface area contributed by atoms with Gasteiger partial charge in [0.2, 0.25) is 0 Å². The van der Waals surface area contributed by atoms with Gasteiger partial charge in [-0.2, -0.15) is 0 Å². The van der Waals surface area contributed by atoms with Crippen LogP contribution in [0.4, 0.5) is 0 Å². The lowest BCUT2D eigenvalue weighted by Crippen LogP contribution is -1.98. The SMILES string of the molecule is c1ccc(-c2cc(-c3ccc(-n4c5ccccc5c5cccc(-c6ccc7c8ncccc8n(-c8ccccc8)c7c6)c54)cc3)nc(-c3ccccc3)n2)cc1. The maximum absolute atomic E-state index is 5.09. The molecule has 0 bridgehead atoms. The minimum Gasteiger partial charge on any atom is -0.309 e. The first-order valence-corrected chi connectivity index (χ1v) is 18.9. The highest BCUT2D eigenvalue weighted by Gasteiger charge is 2.19. The van der Waals surface area contributed by atoms with E-state index >= 15 is 0 Å². The van der Waals surface area contributed by atoms with Gasteiger partial charge >= 0.3 is 0 Å². The third kappa shape index (κ3) is 5.21. The molecule has 262 valence electrons. The van der Waals surface area contributed by atoms with E-state index in [9.17, 15) is 0 Å². The molecule has 0 N–H and O–H groups in total. The van der Waals surface area contributed by atoms with E-state index < -0.39 is 0 Å². The van der Waals surface area contributed by atoms with Gasteiger partial charge in [0.15, 0.2) is 5.82 Å². The smallest absolute Gasteiger partial charge is 0.160 e. The number of fused-ring (bicyclic) bond motifs is 6. The Morgan fingerprint density at radius 2 is 0.964 bits per heavy atom. The molecule has 4 heterocycles. The summed E-state index contributed by atoms with van der Waals surface area (Å²) in [5, 5.41) is 3.56. The van der Waals surface area contributed by atoms with Gasteiger partial charge in [-0.05, 0) is 66.2 Å². The molecule has 0 spiro atoms. The van der Waals surface area contributed by atoms with E-state index in [0.29, 0.717) is 5.82 Å². The van der Waals surface area contributed by atoms with Crippen LogP contribution in [0.5, 0.6) is 0 Å². The lowest BCUT2D eigenvalue weighted by Gasteiger charge is -2.14. The molecule has 0 atom stereocenters. The molecule has 0 saturated heterocycles. The zero-order chi connectivity index (χ0) is 37.0. The predicted molar refractivity (Wildman–Crippen MR) is 230 cm³/mol. The van der Waals surface area contributed by atoms with Crippen molar-refractivity contribution in [3.8, 4) is 56.4 Å². The van der Waals surface area contributed by atoms with E-state index in [1.807, 2.05) is 48.7 Å². The number of pyridine rings is 1. The topological polar surface area (TPSA) is 48.5 Å². The Balaban J connectivity index is 1.09. The second kappa shape index (κ2) is 13.0. The molecule has 0 aliphatic heterocycles. The fourth-order valence-electron chi connectivity index (χ4n) is 8.22. The summed E-state index contributed by atoms with van der Waals surface area (Å²) in [6, 6.07) is 68.3. The predicted octanol–water partition coefficient (Wildman–Crippen LogP) is 12.7. The molecule has 7 aromatic carbocycles. The van der Waals surface area contributed by atoms with Crippen LogP contribution in [-0.2, 0) is 0 Å². The summed E-state index contributed by atoms with van der Waals surface area (Å²) in [7, 11) is 0. The fraction of sp³-hybridized carbons (Fsp3) is 0. The van der Waals surface area contributed by atoms with Crippen LogP contribution in [0.15, 0.2) is 200 Å².